The van der Waals surface area contributed by atoms with E-state index < -0.39 is 35.5 Å². The summed E-state index contributed by atoms with van der Waals surface area (Å²) in [7, 11) is 0. The lowest BCUT2D eigenvalue weighted by Crippen LogP contribution is -2.47. The number of aliphatic carboxylic acids is 1. The van der Waals surface area contributed by atoms with Crippen molar-refractivity contribution in [3.05, 3.63) is 53.9 Å². The van der Waals surface area contributed by atoms with Gasteiger partial charge in [0, 0.05) is 11.8 Å². The van der Waals surface area contributed by atoms with Crippen LogP contribution in [0.5, 0.6) is 0 Å². The zero-order valence-electron chi connectivity index (χ0n) is 15.1. The van der Waals surface area contributed by atoms with Crippen LogP contribution < -0.4 is 5.32 Å². The number of hydrogen-bond donors (Lipinski definition) is 3. The summed E-state index contributed by atoms with van der Waals surface area (Å²) < 4.78 is 1.80. The minimum absolute atomic E-state index is 0.355. The topological polar surface area (TPSA) is 109 Å². The van der Waals surface area contributed by atoms with E-state index in [0.717, 1.165) is 24.0 Å². The molecule has 2 heterocycles. The Bertz CT molecular complexity index is 997. The summed E-state index contributed by atoms with van der Waals surface area (Å²) in [4.78, 5) is 36.7. The minimum atomic E-state index is -1.22. The molecule has 2 aliphatic rings. The monoisotopic (exact) mass is 380 g/mol. The first-order valence-electron chi connectivity index (χ1n) is 9.21. The molecule has 0 saturated heterocycles. The second kappa shape index (κ2) is 6.67. The van der Waals surface area contributed by atoms with Crippen LogP contribution in [0.25, 0.3) is 16.9 Å². The molecule has 1 spiro atoms. The lowest BCUT2D eigenvalue weighted by molar-refractivity contribution is -0.138. The number of fused-ring (bicyclic) bond motifs is 2. The molecule has 1 aromatic carbocycles. The van der Waals surface area contributed by atoms with E-state index in [2.05, 4.69) is 5.32 Å². The summed E-state index contributed by atoms with van der Waals surface area (Å²) in [5, 5.41) is 22.0. The van der Waals surface area contributed by atoms with E-state index in [4.69, 9.17) is 5.11 Å². The maximum atomic E-state index is 13.3. The van der Waals surface area contributed by atoms with Gasteiger partial charge in [0.25, 0.3) is 5.91 Å². The van der Waals surface area contributed by atoms with Gasteiger partial charge in [-0.25, -0.2) is 0 Å². The number of aliphatic hydroxyl groups is 1. The second-order valence-electron chi connectivity index (χ2n) is 7.18. The highest BCUT2D eigenvalue weighted by atomic mass is 16.4. The Hall–Kier alpha value is -3.35. The largest absolute Gasteiger partial charge is 0.505 e. The summed E-state index contributed by atoms with van der Waals surface area (Å²) >= 11 is 0. The van der Waals surface area contributed by atoms with Crippen LogP contribution >= 0.6 is 0 Å². The number of aliphatic hydroxyl groups excluding tert-OH is 1. The first-order chi connectivity index (χ1) is 13.5. The number of Topliss-reactive ketones (excluding diaryl/α,β-unsaturated/α-hetero) is 1. The number of carboxylic acid groups (broad SMARTS) is 1. The summed E-state index contributed by atoms with van der Waals surface area (Å²) in [6.45, 7) is -0.623. The quantitative estimate of drug-likeness (QED) is 0.706. The van der Waals surface area contributed by atoms with E-state index in [1.54, 1.807) is 10.8 Å². The number of benzene rings is 1. The molecule has 1 aromatic heterocycles. The minimum Gasteiger partial charge on any atom is -0.505 e. The number of ketones is 1. The second-order valence-corrected chi connectivity index (χ2v) is 7.18. The van der Waals surface area contributed by atoms with Crippen molar-refractivity contribution in [1.29, 1.82) is 0 Å². The molecule has 1 aliphatic carbocycles. The Kier molecular flexibility index (Phi) is 4.30. The molecule has 4 rings (SSSR count). The number of nitrogens with zero attached hydrogens (tertiary/aromatic N) is 1. The van der Waals surface area contributed by atoms with E-state index in [0.29, 0.717) is 18.5 Å². The summed E-state index contributed by atoms with van der Waals surface area (Å²) in [6, 6.07) is 11.3. The van der Waals surface area contributed by atoms with Gasteiger partial charge in [-0.3, -0.25) is 14.4 Å². The fourth-order valence-corrected chi connectivity index (χ4v) is 4.33. The molecule has 2 aromatic rings. The molecule has 0 unspecified atom stereocenters. The predicted molar refractivity (Wildman–Crippen MR) is 102 cm³/mol. The smallest absolute Gasteiger partial charge is 0.322 e. The van der Waals surface area contributed by atoms with Gasteiger partial charge in [-0.1, -0.05) is 43.2 Å². The van der Waals surface area contributed by atoms with Crippen molar-refractivity contribution in [1.82, 2.24) is 9.88 Å². The van der Waals surface area contributed by atoms with Crippen LogP contribution in [-0.4, -0.2) is 39.0 Å². The molecule has 1 aliphatic heterocycles. The Morgan fingerprint density at radius 2 is 1.79 bits per heavy atom. The predicted octanol–water partition coefficient (Wildman–Crippen LogP) is 2.48. The van der Waals surface area contributed by atoms with Gasteiger partial charge in [0.15, 0.2) is 11.5 Å². The molecule has 0 atom stereocenters. The van der Waals surface area contributed by atoms with Crippen molar-refractivity contribution in [2.24, 2.45) is 0 Å². The molecule has 7 heteroatoms. The first kappa shape index (κ1) is 18.0. The van der Waals surface area contributed by atoms with Crippen molar-refractivity contribution >= 4 is 23.4 Å². The molecule has 1 fully saturated rings. The lowest BCUT2D eigenvalue weighted by Gasteiger charge is -2.36. The Balaban J connectivity index is 1.90. The number of carboxylic acids is 1. The van der Waals surface area contributed by atoms with E-state index in [1.807, 2.05) is 36.4 Å². The van der Waals surface area contributed by atoms with E-state index in [1.165, 1.54) is 0 Å². The Morgan fingerprint density at radius 3 is 2.43 bits per heavy atom. The molecule has 3 N–H and O–H groups in total. The van der Waals surface area contributed by atoms with Gasteiger partial charge < -0.3 is 20.1 Å². The van der Waals surface area contributed by atoms with Crippen molar-refractivity contribution < 1.29 is 24.6 Å². The SMILES string of the molecule is O=C(O)CNC(=O)C1=C(O)c2c(-c3ccccc3)ccn2C2(CCCC2)C1=O. The van der Waals surface area contributed by atoms with Crippen molar-refractivity contribution in [2.45, 2.75) is 31.2 Å². The molecular formula is C21H20N2O5. The number of carbonyl (C=O) groups excluding carboxylic acids is 2. The van der Waals surface area contributed by atoms with Gasteiger partial charge >= 0.3 is 5.97 Å². The highest BCUT2D eigenvalue weighted by Crippen LogP contribution is 2.47. The number of rotatable bonds is 4. The van der Waals surface area contributed by atoms with Crippen LogP contribution in [0.1, 0.15) is 31.4 Å². The van der Waals surface area contributed by atoms with Crippen LogP contribution in [0.3, 0.4) is 0 Å². The third kappa shape index (κ3) is 2.62. The van der Waals surface area contributed by atoms with E-state index in [9.17, 15) is 19.5 Å². The fourth-order valence-electron chi connectivity index (χ4n) is 4.33. The molecule has 0 radical (unpaired) electrons. The zero-order chi connectivity index (χ0) is 19.9. The summed E-state index contributed by atoms with van der Waals surface area (Å²) in [5.41, 5.74) is 0.737. The van der Waals surface area contributed by atoms with Gasteiger partial charge in [0.1, 0.15) is 17.7 Å². The van der Waals surface area contributed by atoms with Gasteiger partial charge in [0.05, 0.1) is 5.69 Å². The van der Waals surface area contributed by atoms with Crippen LogP contribution in [0.4, 0.5) is 0 Å². The van der Waals surface area contributed by atoms with Gasteiger partial charge in [-0.2, -0.15) is 0 Å². The summed E-state index contributed by atoms with van der Waals surface area (Å²) in [5.74, 6) is -2.94. The first-order valence-corrected chi connectivity index (χ1v) is 9.21. The highest BCUT2D eigenvalue weighted by molar-refractivity contribution is 6.27. The lowest BCUT2D eigenvalue weighted by atomic mass is 9.82. The van der Waals surface area contributed by atoms with Crippen LogP contribution in [-0.2, 0) is 19.9 Å². The average molecular weight is 380 g/mol. The number of carbonyl (C=O) groups is 3. The average Bonchev–Trinajstić information content (AvgIpc) is 3.34. The van der Waals surface area contributed by atoms with E-state index >= 15 is 0 Å². The van der Waals surface area contributed by atoms with Gasteiger partial charge in [0.2, 0.25) is 0 Å². The molecule has 0 bridgehead atoms. The standard InChI is InChI=1S/C21H20N2O5/c24-15(25)12-22-20(28)16-18(26)17-14(13-6-2-1-3-7-13)8-11-23(17)21(19(16)27)9-4-5-10-21/h1-3,6-8,11,26H,4-5,9-10,12H2,(H,22,28)(H,24,25). The zero-order valence-corrected chi connectivity index (χ0v) is 15.1. The van der Waals surface area contributed by atoms with Crippen molar-refractivity contribution in [3.8, 4) is 11.1 Å². The molecule has 144 valence electrons. The van der Waals surface area contributed by atoms with Gasteiger partial charge in [-0.15, -0.1) is 0 Å². The maximum absolute atomic E-state index is 13.3. The number of nitrogens with one attached hydrogen (secondary N) is 1. The molecule has 1 amide bonds. The van der Waals surface area contributed by atoms with Crippen LogP contribution in [0, 0.1) is 0 Å². The van der Waals surface area contributed by atoms with Crippen molar-refractivity contribution in [2.75, 3.05) is 6.54 Å². The Labute approximate surface area is 161 Å². The van der Waals surface area contributed by atoms with E-state index in [-0.39, 0.29) is 5.57 Å². The van der Waals surface area contributed by atoms with Gasteiger partial charge in [-0.05, 0) is 24.5 Å². The van der Waals surface area contributed by atoms with Crippen molar-refractivity contribution in [3.63, 3.8) is 0 Å². The third-order valence-electron chi connectivity index (χ3n) is 5.60. The van der Waals surface area contributed by atoms with Crippen LogP contribution in [0.2, 0.25) is 0 Å². The summed E-state index contributed by atoms with van der Waals surface area (Å²) in [6.07, 6.45) is 4.63. The number of aromatic nitrogens is 1. The fraction of sp³-hybridized carbons (Fsp3) is 0.286. The highest BCUT2D eigenvalue weighted by Gasteiger charge is 2.51. The number of amides is 1. The third-order valence-corrected chi connectivity index (χ3v) is 5.60. The van der Waals surface area contributed by atoms with Crippen LogP contribution in [0.15, 0.2) is 48.2 Å². The normalized spacial score (nSPS) is 17.6. The maximum Gasteiger partial charge on any atom is 0.322 e. The Morgan fingerprint density at radius 1 is 1.11 bits per heavy atom. The molecule has 28 heavy (non-hydrogen) atoms. The molecular weight excluding hydrogens is 360 g/mol. The molecule has 7 nitrogen and oxygen atoms in total. The number of hydrogen-bond acceptors (Lipinski definition) is 4. The molecule has 1 saturated carbocycles.